The van der Waals surface area contributed by atoms with Crippen molar-refractivity contribution < 1.29 is 9.21 Å². The van der Waals surface area contributed by atoms with Crippen LogP contribution in [0.3, 0.4) is 0 Å². The summed E-state index contributed by atoms with van der Waals surface area (Å²) in [4.78, 5) is 23.2. The van der Waals surface area contributed by atoms with Crippen LogP contribution >= 0.6 is 22.9 Å². The van der Waals surface area contributed by atoms with Gasteiger partial charge in [-0.15, -0.1) is 21.5 Å². The van der Waals surface area contributed by atoms with Crippen molar-refractivity contribution in [3.05, 3.63) is 64.0 Å². The minimum absolute atomic E-state index is 0.0247. The summed E-state index contributed by atoms with van der Waals surface area (Å²) in [5.74, 6) is 2.06. The van der Waals surface area contributed by atoms with E-state index in [0.717, 1.165) is 15.8 Å². The van der Waals surface area contributed by atoms with Gasteiger partial charge >= 0.3 is 0 Å². The zero-order chi connectivity index (χ0) is 23.2. The number of hydrogen-bond donors (Lipinski definition) is 0. The average Bonchev–Trinajstić information content (AvgIpc) is 3.59. The predicted molar refractivity (Wildman–Crippen MR) is 132 cm³/mol. The van der Waals surface area contributed by atoms with Gasteiger partial charge in [-0.05, 0) is 48.7 Å². The maximum absolute atomic E-state index is 13.0. The minimum Gasteiger partial charge on any atom is -0.461 e. The number of piperazine rings is 1. The molecule has 1 aromatic carbocycles. The summed E-state index contributed by atoms with van der Waals surface area (Å²) < 4.78 is 7.57. The van der Waals surface area contributed by atoms with Crippen molar-refractivity contribution in [2.45, 2.75) is 19.4 Å². The van der Waals surface area contributed by atoms with Gasteiger partial charge < -0.3 is 14.2 Å². The lowest BCUT2D eigenvalue weighted by Crippen LogP contribution is -2.55. The number of fused-ring (bicyclic) bond motifs is 3. The first kappa shape index (κ1) is 21.1. The molecule has 5 aromatic rings. The lowest BCUT2D eigenvalue weighted by molar-refractivity contribution is -0.132. The molecule has 1 aliphatic rings. The molecule has 1 aliphatic heterocycles. The summed E-state index contributed by atoms with van der Waals surface area (Å²) in [6, 6.07) is 13.3. The molecule has 6 rings (SSSR count). The number of anilines is 1. The van der Waals surface area contributed by atoms with Crippen LogP contribution in [0.5, 0.6) is 0 Å². The molecule has 0 aliphatic carbocycles. The van der Waals surface area contributed by atoms with Gasteiger partial charge in [-0.25, -0.2) is 9.38 Å². The molecule has 0 spiro atoms. The van der Waals surface area contributed by atoms with E-state index in [9.17, 15) is 4.79 Å². The van der Waals surface area contributed by atoms with Crippen LogP contribution in [-0.2, 0) is 11.2 Å². The third kappa shape index (κ3) is 3.61. The van der Waals surface area contributed by atoms with Crippen molar-refractivity contribution in [2.75, 3.05) is 24.5 Å². The first-order valence-electron chi connectivity index (χ1n) is 11.0. The van der Waals surface area contributed by atoms with Crippen molar-refractivity contribution in [1.29, 1.82) is 0 Å². The Bertz CT molecular complexity index is 1480. The van der Waals surface area contributed by atoms with Crippen LogP contribution in [-0.4, -0.2) is 56.1 Å². The second-order valence-electron chi connectivity index (χ2n) is 8.37. The molecule has 5 heterocycles. The second-order valence-corrected chi connectivity index (χ2v) is 9.84. The van der Waals surface area contributed by atoms with Crippen LogP contribution < -0.4 is 4.90 Å². The lowest BCUT2D eigenvalue weighted by Gasteiger charge is -2.40. The summed E-state index contributed by atoms with van der Waals surface area (Å²) in [6.07, 6.45) is 2.05. The van der Waals surface area contributed by atoms with Crippen LogP contribution in [0.4, 0.5) is 5.95 Å². The summed E-state index contributed by atoms with van der Waals surface area (Å²) in [5, 5.41) is 12.4. The SMILES string of the molecule is CC1CN(c2nc3cc(Cl)ccc3c3nnc(-c4ccco4)n23)CCN1C(=O)Cc1cccs1. The summed E-state index contributed by atoms with van der Waals surface area (Å²) in [6.45, 7) is 3.97. The van der Waals surface area contributed by atoms with Crippen molar-refractivity contribution in [2.24, 2.45) is 0 Å². The van der Waals surface area contributed by atoms with E-state index < -0.39 is 0 Å². The Hall–Kier alpha value is -3.43. The molecule has 0 saturated carbocycles. The van der Waals surface area contributed by atoms with Crippen LogP contribution in [0, 0.1) is 0 Å². The number of hydrogen-bond acceptors (Lipinski definition) is 7. The van der Waals surface area contributed by atoms with Gasteiger partial charge in [-0.3, -0.25) is 4.79 Å². The van der Waals surface area contributed by atoms with Gasteiger partial charge in [-0.2, -0.15) is 0 Å². The fourth-order valence-corrected chi connectivity index (χ4v) is 5.41. The molecular formula is C24H21ClN6O2S. The number of carbonyl (C=O) groups excluding carboxylic acids is 1. The number of carbonyl (C=O) groups is 1. The van der Waals surface area contributed by atoms with Gasteiger partial charge in [0.25, 0.3) is 0 Å². The molecule has 1 unspecified atom stereocenters. The van der Waals surface area contributed by atoms with Gasteiger partial charge in [0.1, 0.15) is 0 Å². The number of amides is 1. The maximum Gasteiger partial charge on any atom is 0.228 e. The largest absolute Gasteiger partial charge is 0.461 e. The molecule has 10 heteroatoms. The fraction of sp³-hybridized carbons (Fsp3) is 0.250. The number of benzene rings is 1. The zero-order valence-electron chi connectivity index (χ0n) is 18.4. The maximum atomic E-state index is 13.0. The fourth-order valence-electron chi connectivity index (χ4n) is 4.54. The number of furan rings is 1. The van der Waals surface area contributed by atoms with Crippen molar-refractivity contribution in [3.8, 4) is 11.6 Å². The van der Waals surface area contributed by atoms with E-state index in [1.165, 1.54) is 0 Å². The van der Waals surface area contributed by atoms with Crippen molar-refractivity contribution in [3.63, 3.8) is 0 Å². The Kier molecular flexibility index (Phi) is 5.23. The molecular weight excluding hydrogens is 472 g/mol. The third-order valence-electron chi connectivity index (χ3n) is 6.16. The van der Waals surface area contributed by atoms with E-state index in [-0.39, 0.29) is 11.9 Å². The molecule has 1 fully saturated rings. The molecule has 1 saturated heterocycles. The smallest absolute Gasteiger partial charge is 0.228 e. The highest BCUT2D eigenvalue weighted by Gasteiger charge is 2.30. The Balaban J connectivity index is 1.39. The highest BCUT2D eigenvalue weighted by molar-refractivity contribution is 7.10. The first-order valence-corrected chi connectivity index (χ1v) is 12.3. The van der Waals surface area contributed by atoms with E-state index in [1.807, 2.05) is 57.1 Å². The Labute approximate surface area is 204 Å². The average molecular weight is 493 g/mol. The molecule has 1 amide bonds. The quantitative estimate of drug-likeness (QED) is 0.366. The summed E-state index contributed by atoms with van der Waals surface area (Å²) in [5.41, 5.74) is 1.43. The Morgan fingerprint density at radius 2 is 2.12 bits per heavy atom. The molecule has 172 valence electrons. The summed E-state index contributed by atoms with van der Waals surface area (Å²) in [7, 11) is 0. The number of nitrogens with zero attached hydrogens (tertiary/aromatic N) is 6. The molecule has 8 nitrogen and oxygen atoms in total. The normalized spacial score (nSPS) is 16.6. The van der Waals surface area contributed by atoms with E-state index >= 15 is 0 Å². The van der Waals surface area contributed by atoms with E-state index in [0.29, 0.717) is 54.3 Å². The van der Waals surface area contributed by atoms with Crippen LogP contribution in [0.1, 0.15) is 11.8 Å². The van der Waals surface area contributed by atoms with Crippen LogP contribution in [0.15, 0.2) is 58.5 Å². The third-order valence-corrected chi connectivity index (χ3v) is 7.27. The first-order chi connectivity index (χ1) is 16.6. The van der Waals surface area contributed by atoms with E-state index in [2.05, 4.69) is 22.0 Å². The Morgan fingerprint density at radius 1 is 1.21 bits per heavy atom. The zero-order valence-corrected chi connectivity index (χ0v) is 20.0. The van der Waals surface area contributed by atoms with E-state index in [4.69, 9.17) is 21.0 Å². The number of aromatic nitrogens is 4. The van der Waals surface area contributed by atoms with Gasteiger partial charge in [0.2, 0.25) is 17.7 Å². The van der Waals surface area contributed by atoms with Crippen LogP contribution in [0.2, 0.25) is 5.02 Å². The molecule has 1 atom stereocenters. The topological polar surface area (TPSA) is 79.8 Å². The van der Waals surface area contributed by atoms with Gasteiger partial charge in [0, 0.05) is 41.0 Å². The molecule has 4 aromatic heterocycles. The molecule has 0 radical (unpaired) electrons. The summed E-state index contributed by atoms with van der Waals surface area (Å²) >= 11 is 7.89. The van der Waals surface area contributed by atoms with Gasteiger partial charge in [-0.1, -0.05) is 17.7 Å². The minimum atomic E-state index is 0.0247. The predicted octanol–water partition coefficient (Wildman–Crippen LogP) is 4.53. The standard InChI is InChI=1S/C24H21ClN6O2S/c1-15-14-29(8-9-30(15)21(32)13-17-4-3-11-34-17)24-26-19-12-16(25)6-7-18(19)22-27-28-23(31(22)24)20-5-2-10-33-20/h2-7,10-12,15H,8-9,13-14H2,1H3. The monoisotopic (exact) mass is 492 g/mol. The number of halogens is 1. The van der Waals surface area contributed by atoms with Crippen molar-refractivity contribution in [1.82, 2.24) is 24.5 Å². The van der Waals surface area contributed by atoms with Gasteiger partial charge in [0.05, 0.1) is 18.2 Å². The highest BCUT2D eigenvalue weighted by atomic mass is 35.5. The molecule has 0 bridgehead atoms. The number of thiophene rings is 1. The van der Waals surface area contributed by atoms with Crippen molar-refractivity contribution >= 4 is 51.3 Å². The van der Waals surface area contributed by atoms with E-state index in [1.54, 1.807) is 17.6 Å². The lowest BCUT2D eigenvalue weighted by atomic mass is 10.1. The highest BCUT2D eigenvalue weighted by Crippen LogP contribution is 2.31. The van der Waals surface area contributed by atoms with Gasteiger partial charge in [0.15, 0.2) is 11.4 Å². The number of rotatable bonds is 4. The molecule has 0 N–H and O–H groups in total. The Morgan fingerprint density at radius 3 is 2.88 bits per heavy atom. The van der Waals surface area contributed by atoms with Crippen LogP contribution in [0.25, 0.3) is 28.1 Å². The second kappa shape index (κ2) is 8.41. The molecule has 34 heavy (non-hydrogen) atoms.